The SMILES string of the molecule is CC(C)(C)OC(=O)N1CCC(Oc2ccccc2C(CCCO)Nc2ccc(Br)cc2)CC1. The summed E-state index contributed by atoms with van der Waals surface area (Å²) in [7, 11) is 0. The summed E-state index contributed by atoms with van der Waals surface area (Å²) in [5.41, 5.74) is 1.60. The number of likely N-dealkylation sites (tertiary alicyclic amines) is 1. The van der Waals surface area contributed by atoms with Gasteiger partial charge in [0.2, 0.25) is 0 Å². The Morgan fingerprint density at radius 3 is 2.45 bits per heavy atom. The summed E-state index contributed by atoms with van der Waals surface area (Å²) < 4.78 is 13.0. The second-order valence-electron chi connectivity index (χ2n) is 9.39. The van der Waals surface area contributed by atoms with Crippen LogP contribution in [0, 0.1) is 0 Å². The van der Waals surface area contributed by atoms with E-state index in [9.17, 15) is 9.90 Å². The van der Waals surface area contributed by atoms with Crippen molar-refractivity contribution < 1.29 is 19.4 Å². The van der Waals surface area contributed by atoms with E-state index in [1.807, 2.05) is 63.2 Å². The lowest BCUT2D eigenvalue weighted by molar-refractivity contribution is 0.0125. The molecule has 7 heteroatoms. The van der Waals surface area contributed by atoms with Crippen LogP contribution in [0.15, 0.2) is 53.0 Å². The molecule has 1 unspecified atom stereocenters. The number of aliphatic hydroxyl groups is 1. The van der Waals surface area contributed by atoms with E-state index in [0.29, 0.717) is 19.5 Å². The number of carbonyl (C=O) groups is 1. The summed E-state index contributed by atoms with van der Waals surface area (Å²) in [6.07, 6.45) is 2.77. The quantitative estimate of drug-likeness (QED) is 0.438. The minimum Gasteiger partial charge on any atom is -0.490 e. The Labute approximate surface area is 205 Å². The minimum absolute atomic E-state index is 0.0105. The first-order valence-corrected chi connectivity index (χ1v) is 12.4. The highest BCUT2D eigenvalue weighted by Gasteiger charge is 2.28. The molecule has 33 heavy (non-hydrogen) atoms. The van der Waals surface area contributed by atoms with Crippen molar-refractivity contribution in [1.29, 1.82) is 0 Å². The van der Waals surface area contributed by atoms with Crippen LogP contribution in [-0.4, -0.2) is 47.5 Å². The molecule has 3 rings (SSSR count). The van der Waals surface area contributed by atoms with Gasteiger partial charge >= 0.3 is 6.09 Å². The number of rotatable bonds is 8. The first-order valence-electron chi connectivity index (χ1n) is 11.6. The fourth-order valence-corrected chi connectivity index (χ4v) is 4.15. The van der Waals surface area contributed by atoms with E-state index in [2.05, 4.69) is 27.3 Å². The van der Waals surface area contributed by atoms with Gasteiger partial charge in [-0.2, -0.15) is 0 Å². The van der Waals surface area contributed by atoms with Crippen LogP contribution in [0.4, 0.5) is 10.5 Å². The van der Waals surface area contributed by atoms with Gasteiger partial charge in [0.25, 0.3) is 0 Å². The molecule has 180 valence electrons. The number of anilines is 1. The third-order valence-electron chi connectivity index (χ3n) is 5.52. The van der Waals surface area contributed by atoms with Crippen molar-refractivity contribution in [1.82, 2.24) is 4.90 Å². The number of halogens is 1. The van der Waals surface area contributed by atoms with Gasteiger partial charge in [0.1, 0.15) is 17.5 Å². The Hall–Kier alpha value is -2.25. The monoisotopic (exact) mass is 518 g/mol. The van der Waals surface area contributed by atoms with E-state index in [1.54, 1.807) is 4.90 Å². The van der Waals surface area contributed by atoms with Gasteiger partial charge in [-0.15, -0.1) is 0 Å². The summed E-state index contributed by atoms with van der Waals surface area (Å²) >= 11 is 3.48. The van der Waals surface area contributed by atoms with Crippen LogP contribution < -0.4 is 10.1 Å². The highest BCUT2D eigenvalue weighted by Crippen LogP contribution is 2.33. The van der Waals surface area contributed by atoms with Crippen LogP contribution in [0.5, 0.6) is 5.75 Å². The Bertz CT molecular complexity index is 890. The number of carbonyl (C=O) groups excluding carboxylic acids is 1. The average molecular weight is 519 g/mol. The molecule has 0 radical (unpaired) electrons. The van der Waals surface area contributed by atoms with Crippen LogP contribution >= 0.6 is 15.9 Å². The topological polar surface area (TPSA) is 71.0 Å². The number of nitrogens with one attached hydrogen (secondary N) is 1. The van der Waals surface area contributed by atoms with E-state index in [0.717, 1.165) is 40.7 Å². The molecule has 2 aromatic rings. The van der Waals surface area contributed by atoms with Crippen LogP contribution in [-0.2, 0) is 4.74 Å². The van der Waals surface area contributed by atoms with Gasteiger partial charge in [0.05, 0.1) is 6.04 Å². The molecule has 0 bridgehead atoms. The zero-order valence-corrected chi connectivity index (χ0v) is 21.3. The van der Waals surface area contributed by atoms with Gasteiger partial charge in [-0.25, -0.2) is 4.79 Å². The summed E-state index contributed by atoms with van der Waals surface area (Å²) in [6.45, 7) is 7.03. The molecule has 1 atom stereocenters. The van der Waals surface area contributed by atoms with Gasteiger partial charge in [0.15, 0.2) is 0 Å². The Kier molecular flexibility index (Phi) is 9.03. The summed E-state index contributed by atoms with van der Waals surface area (Å²) in [5, 5.41) is 13.0. The second-order valence-corrected chi connectivity index (χ2v) is 10.3. The minimum atomic E-state index is -0.491. The summed E-state index contributed by atoms with van der Waals surface area (Å²) in [6, 6.07) is 16.2. The smallest absolute Gasteiger partial charge is 0.410 e. The van der Waals surface area contributed by atoms with E-state index >= 15 is 0 Å². The fraction of sp³-hybridized carbons (Fsp3) is 0.500. The van der Waals surface area contributed by atoms with Crippen LogP contribution in [0.1, 0.15) is 58.1 Å². The lowest BCUT2D eigenvalue weighted by atomic mass is 10.00. The number of hydrogen-bond acceptors (Lipinski definition) is 5. The normalized spacial score (nSPS) is 15.7. The Morgan fingerprint density at radius 1 is 1.15 bits per heavy atom. The second kappa shape index (κ2) is 11.7. The fourth-order valence-electron chi connectivity index (χ4n) is 3.89. The van der Waals surface area contributed by atoms with Crippen molar-refractivity contribution in [3.63, 3.8) is 0 Å². The molecule has 1 fully saturated rings. The first kappa shape index (κ1) is 25.4. The molecule has 0 aromatic heterocycles. The summed E-state index contributed by atoms with van der Waals surface area (Å²) in [5.74, 6) is 0.848. The van der Waals surface area contributed by atoms with Gasteiger partial charge < -0.3 is 24.8 Å². The van der Waals surface area contributed by atoms with E-state index < -0.39 is 5.60 Å². The molecule has 2 N–H and O–H groups in total. The molecule has 2 aromatic carbocycles. The van der Waals surface area contributed by atoms with Crippen molar-refractivity contribution in [2.24, 2.45) is 0 Å². The maximum absolute atomic E-state index is 12.3. The van der Waals surface area contributed by atoms with Gasteiger partial charge in [-0.1, -0.05) is 34.1 Å². The molecular formula is C26H35BrN2O4. The largest absolute Gasteiger partial charge is 0.490 e. The molecule has 0 spiro atoms. The van der Waals surface area contributed by atoms with Crippen molar-refractivity contribution in [3.05, 3.63) is 58.6 Å². The number of aliphatic hydroxyl groups excluding tert-OH is 1. The number of nitrogens with zero attached hydrogens (tertiary/aromatic N) is 1. The highest BCUT2D eigenvalue weighted by atomic mass is 79.9. The molecule has 0 saturated carbocycles. The molecule has 0 aliphatic carbocycles. The molecule has 1 saturated heterocycles. The Balaban J connectivity index is 1.67. The van der Waals surface area contributed by atoms with Crippen LogP contribution in [0.2, 0.25) is 0 Å². The predicted octanol–water partition coefficient (Wildman–Crippen LogP) is 6.15. The first-order chi connectivity index (χ1) is 15.7. The van der Waals surface area contributed by atoms with Crippen molar-refractivity contribution >= 4 is 27.7 Å². The number of amides is 1. The number of hydrogen-bond donors (Lipinski definition) is 2. The standard InChI is InChI=1S/C26H35BrN2O4/c1-26(2,3)33-25(31)29-16-14-21(15-17-29)32-24-9-5-4-7-22(24)23(8-6-18-30)28-20-12-10-19(27)11-13-20/h4-5,7,9-13,21,23,28,30H,6,8,14-18H2,1-3H3. The van der Waals surface area contributed by atoms with Crippen molar-refractivity contribution in [2.75, 3.05) is 25.0 Å². The van der Waals surface area contributed by atoms with E-state index in [-0.39, 0.29) is 24.8 Å². The lowest BCUT2D eigenvalue weighted by Crippen LogP contribution is -2.44. The number of piperidine rings is 1. The predicted molar refractivity (Wildman–Crippen MR) is 135 cm³/mol. The van der Waals surface area contributed by atoms with Crippen LogP contribution in [0.3, 0.4) is 0 Å². The van der Waals surface area contributed by atoms with Gasteiger partial charge in [0, 0.05) is 48.3 Å². The highest BCUT2D eigenvalue weighted by molar-refractivity contribution is 9.10. The maximum Gasteiger partial charge on any atom is 0.410 e. The number of ether oxygens (including phenoxy) is 2. The van der Waals surface area contributed by atoms with Crippen molar-refractivity contribution in [3.8, 4) is 5.75 Å². The molecule has 6 nitrogen and oxygen atoms in total. The zero-order chi connectivity index (χ0) is 23.8. The Morgan fingerprint density at radius 2 is 1.82 bits per heavy atom. The number of benzene rings is 2. The lowest BCUT2D eigenvalue weighted by Gasteiger charge is -2.34. The average Bonchev–Trinajstić information content (AvgIpc) is 2.78. The van der Waals surface area contributed by atoms with Crippen LogP contribution in [0.25, 0.3) is 0 Å². The van der Waals surface area contributed by atoms with Gasteiger partial charge in [-0.3, -0.25) is 0 Å². The van der Waals surface area contributed by atoms with E-state index in [4.69, 9.17) is 9.47 Å². The molecule has 1 heterocycles. The molecule has 1 aliphatic rings. The molecule has 1 aliphatic heterocycles. The molecule has 1 amide bonds. The number of para-hydroxylation sites is 1. The van der Waals surface area contributed by atoms with Crippen molar-refractivity contribution in [2.45, 2.75) is 64.2 Å². The summed E-state index contributed by atoms with van der Waals surface area (Å²) in [4.78, 5) is 14.1. The third kappa shape index (κ3) is 7.93. The molecular weight excluding hydrogens is 484 g/mol. The third-order valence-corrected chi connectivity index (χ3v) is 6.05. The maximum atomic E-state index is 12.3. The van der Waals surface area contributed by atoms with E-state index in [1.165, 1.54) is 0 Å². The van der Waals surface area contributed by atoms with Gasteiger partial charge in [-0.05, 0) is 63.9 Å². The zero-order valence-electron chi connectivity index (χ0n) is 19.7.